The summed E-state index contributed by atoms with van der Waals surface area (Å²) in [6.07, 6.45) is 1.95. The molecule has 0 spiro atoms. The highest BCUT2D eigenvalue weighted by atomic mass is 32.2. The summed E-state index contributed by atoms with van der Waals surface area (Å²) >= 11 is 1.58. The van der Waals surface area contributed by atoms with Crippen LogP contribution >= 0.6 is 11.8 Å². The molecule has 0 fully saturated rings. The average Bonchev–Trinajstić information content (AvgIpc) is 2.65. The number of carbonyl (C=O) groups excluding carboxylic acids is 3. The normalized spacial score (nSPS) is 11.0. The minimum Gasteiger partial charge on any atom is -0.454 e. The zero-order valence-electron chi connectivity index (χ0n) is 15.9. The molecule has 1 N–H and O–H groups in total. The first-order valence-electron chi connectivity index (χ1n) is 8.46. The van der Waals surface area contributed by atoms with Crippen LogP contribution in [0.15, 0.2) is 53.4 Å². The first-order chi connectivity index (χ1) is 12.7. The average molecular weight is 385 g/mol. The number of anilines is 1. The van der Waals surface area contributed by atoms with Crippen LogP contribution in [0, 0.1) is 5.41 Å². The summed E-state index contributed by atoms with van der Waals surface area (Å²) in [7, 11) is 0. The van der Waals surface area contributed by atoms with E-state index in [1.807, 2.05) is 39.2 Å². The molecule has 6 heteroatoms. The third-order valence-electron chi connectivity index (χ3n) is 3.81. The van der Waals surface area contributed by atoms with E-state index in [1.54, 1.807) is 48.2 Å². The Labute approximate surface area is 163 Å². The maximum absolute atomic E-state index is 12.2. The maximum Gasteiger partial charge on any atom is 0.338 e. The standard InChI is InChI=1S/C21H23NO4S/c1-21(2,3)20(25)22-16-9-5-14(6-10-16)18(23)13-26-19(24)15-7-11-17(27-4)12-8-15/h5-12H,13H2,1-4H3,(H,22,25). The van der Waals surface area contributed by atoms with Crippen molar-refractivity contribution in [3.63, 3.8) is 0 Å². The summed E-state index contributed by atoms with van der Waals surface area (Å²) in [5.74, 6) is -0.953. The van der Waals surface area contributed by atoms with Gasteiger partial charge in [0.15, 0.2) is 12.4 Å². The van der Waals surface area contributed by atoms with Crippen LogP contribution in [0.1, 0.15) is 41.5 Å². The number of rotatable bonds is 6. The van der Waals surface area contributed by atoms with Crippen molar-refractivity contribution in [2.75, 3.05) is 18.2 Å². The van der Waals surface area contributed by atoms with Crippen molar-refractivity contribution in [3.8, 4) is 0 Å². The van der Waals surface area contributed by atoms with Crippen molar-refractivity contribution in [1.82, 2.24) is 0 Å². The van der Waals surface area contributed by atoms with Crippen molar-refractivity contribution >= 4 is 35.1 Å². The number of ether oxygens (including phenoxy) is 1. The number of hydrogen-bond donors (Lipinski definition) is 1. The van der Waals surface area contributed by atoms with Gasteiger partial charge in [-0.25, -0.2) is 4.79 Å². The van der Waals surface area contributed by atoms with Crippen molar-refractivity contribution in [1.29, 1.82) is 0 Å². The molecule has 0 unspecified atom stereocenters. The van der Waals surface area contributed by atoms with E-state index in [4.69, 9.17) is 4.74 Å². The van der Waals surface area contributed by atoms with E-state index in [2.05, 4.69) is 5.32 Å². The third kappa shape index (κ3) is 5.96. The number of esters is 1. The summed E-state index contributed by atoms with van der Waals surface area (Å²) in [6, 6.07) is 13.5. The lowest BCUT2D eigenvalue weighted by Crippen LogP contribution is -2.27. The highest BCUT2D eigenvalue weighted by Crippen LogP contribution is 2.18. The lowest BCUT2D eigenvalue weighted by Gasteiger charge is -2.17. The van der Waals surface area contributed by atoms with Gasteiger partial charge in [0, 0.05) is 21.6 Å². The molecule has 1 amide bonds. The van der Waals surface area contributed by atoms with E-state index in [9.17, 15) is 14.4 Å². The monoisotopic (exact) mass is 385 g/mol. The molecule has 142 valence electrons. The van der Waals surface area contributed by atoms with Crippen LogP contribution in [0.5, 0.6) is 0 Å². The van der Waals surface area contributed by atoms with Crippen LogP contribution < -0.4 is 5.32 Å². The summed E-state index contributed by atoms with van der Waals surface area (Å²) < 4.78 is 5.09. The number of nitrogens with one attached hydrogen (secondary N) is 1. The summed E-state index contributed by atoms with van der Waals surface area (Å²) in [6.45, 7) is 5.13. The molecule has 0 aliphatic carbocycles. The lowest BCUT2D eigenvalue weighted by molar-refractivity contribution is -0.123. The number of carbonyl (C=O) groups is 3. The van der Waals surface area contributed by atoms with Gasteiger partial charge in [-0.3, -0.25) is 9.59 Å². The Balaban J connectivity index is 1.91. The van der Waals surface area contributed by atoms with Gasteiger partial charge >= 0.3 is 5.97 Å². The summed E-state index contributed by atoms with van der Waals surface area (Å²) in [5.41, 5.74) is 0.920. The van der Waals surface area contributed by atoms with Gasteiger partial charge in [-0.05, 0) is 54.8 Å². The van der Waals surface area contributed by atoms with E-state index in [1.165, 1.54) is 0 Å². The Morgan fingerprint density at radius 1 is 0.926 bits per heavy atom. The van der Waals surface area contributed by atoms with Gasteiger partial charge in [-0.15, -0.1) is 11.8 Å². The van der Waals surface area contributed by atoms with Crippen molar-refractivity contribution in [2.24, 2.45) is 5.41 Å². The molecule has 0 heterocycles. The molecule has 0 aliphatic heterocycles. The number of thioether (sulfide) groups is 1. The second-order valence-corrected chi connectivity index (χ2v) is 7.89. The molecule has 0 saturated carbocycles. The molecule has 2 aromatic carbocycles. The van der Waals surface area contributed by atoms with Gasteiger partial charge in [0.05, 0.1) is 5.56 Å². The Bertz CT molecular complexity index is 821. The molecule has 0 saturated heterocycles. The van der Waals surface area contributed by atoms with Gasteiger partial charge in [-0.1, -0.05) is 20.8 Å². The second kappa shape index (κ2) is 8.86. The van der Waals surface area contributed by atoms with Gasteiger partial charge < -0.3 is 10.1 Å². The van der Waals surface area contributed by atoms with Crippen molar-refractivity contribution < 1.29 is 19.1 Å². The van der Waals surface area contributed by atoms with Gasteiger partial charge in [0.25, 0.3) is 0 Å². The van der Waals surface area contributed by atoms with Crippen LogP contribution in [0.2, 0.25) is 0 Å². The Kier molecular flexibility index (Phi) is 6.80. The molecule has 2 aromatic rings. The molecule has 0 atom stereocenters. The number of amides is 1. The largest absolute Gasteiger partial charge is 0.454 e. The lowest BCUT2D eigenvalue weighted by atomic mass is 9.95. The fourth-order valence-electron chi connectivity index (χ4n) is 2.08. The fourth-order valence-corrected chi connectivity index (χ4v) is 2.49. The molecule has 0 bridgehead atoms. The highest BCUT2D eigenvalue weighted by molar-refractivity contribution is 7.98. The fraction of sp³-hybridized carbons (Fsp3) is 0.286. The number of benzene rings is 2. The number of hydrogen-bond acceptors (Lipinski definition) is 5. The summed E-state index contributed by atoms with van der Waals surface area (Å²) in [4.78, 5) is 37.2. The van der Waals surface area contributed by atoms with Crippen LogP contribution in [-0.4, -0.2) is 30.5 Å². The topological polar surface area (TPSA) is 72.5 Å². The van der Waals surface area contributed by atoms with E-state index in [0.29, 0.717) is 16.8 Å². The Hall–Kier alpha value is -2.60. The molecule has 0 aromatic heterocycles. The molecule has 27 heavy (non-hydrogen) atoms. The van der Waals surface area contributed by atoms with Crippen LogP contribution in [0.3, 0.4) is 0 Å². The number of Topliss-reactive ketones (excluding diaryl/α,β-unsaturated/α-hetero) is 1. The Morgan fingerprint density at radius 3 is 2.00 bits per heavy atom. The molecule has 0 aliphatic rings. The van der Waals surface area contributed by atoms with E-state index in [-0.39, 0.29) is 18.3 Å². The van der Waals surface area contributed by atoms with Crippen molar-refractivity contribution in [2.45, 2.75) is 25.7 Å². The molecular weight excluding hydrogens is 362 g/mol. The smallest absolute Gasteiger partial charge is 0.338 e. The van der Waals surface area contributed by atoms with Gasteiger partial charge in [0.2, 0.25) is 5.91 Å². The van der Waals surface area contributed by atoms with Crippen LogP contribution in [0.25, 0.3) is 0 Å². The first-order valence-corrected chi connectivity index (χ1v) is 9.69. The SMILES string of the molecule is CSc1ccc(C(=O)OCC(=O)c2ccc(NC(=O)C(C)(C)C)cc2)cc1. The molecule has 5 nitrogen and oxygen atoms in total. The van der Waals surface area contributed by atoms with E-state index in [0.717, 1.165) is 4.90 Å². The first kappa shape index (κ1) is 20.7. The second-order valence-electron chi connectivity index (χ2n) is 7.01. The predicted octanol–water partition coefficient (Wildman–Crippen LogP) is 4.43. The van der Waals surface area contributed by atoms with Crippen LogP contribution in [-0.2, 0) is 9.53 Å². The minimum absolute atomic E-state index is 0.108. The molecular formula is C21H23NO4S. The van der Waals surface area contributed by atoms with E-state index < -0.39 is 11.4 Å². The van der Waals surface area contributed by atoms with E-state index >= 15 is 0 Å². The van der Waals surface area contributed by atoms with Gasteiger partial charge in [-0.2, -0.15) is 0 Å². The zero-order chi connectivity index (χ0) is 20.0. The van der Waals surface area contributed by atoms with Crippen LogP contribution in [0.4, 0.5) is 5.69 Å². The third-order valence-corrected chi connectivity index (χ3v) is 4.55. The molecule has 2 rings (SSSR count). The highest BCUT2D eigenvalue weighted by Gasteiger charge is 2.21. The zero-order valence-corrected chi connectivity index (χ0v) is 16.7. The van der Waals surface area contributed by atoms with Gasteiger partial charge in [0.1, 0.15) is 0 Å². The number of ketones is 1. The predicted molar refractivity (Wildman–Crippen MR) is 107 cm³/mol. The molecule has 0 radical (unpaired) electrons. The van der Waals surface area contributed by atoms with Crippen molar-refractivity contribution in [3.05, 3.63) is 59.7 Å². The quantitative estimate of drug-likeness (QED) is 0.452. The minimum atomic E-state index is -0.537. The summed E-state index contributed by atoms with van der Waals surface area (Å²) in [5, 5.41) is 2.79. The maximum atomic E-state index is 12.2. The Morgan fingerprint density at radius 2 is 1.48 bits per heavy atom.